The molecule has 3 heterocycles. The first-order valence-corrected chi connectivity index (χ1v) is 12.9. The van der Waals surface area contributed by atoms with Crippen molar-refractivity contribution in [2.24, 2.45) is 0 Å². The number of aromatic nitrogens is 3. The van der Waals surface area contributed by atoms with Gasteiger partial charge in [0.15, 0.2) is 11.5 Å². The molecule has 0 bridgehead atoms. The minimum atomic E-state index is -0.0254. The van der Waals surface area contributed by atoms with Gasteiger partial charge in [-0.05, 0) is 58.5 Å². The quantitative estimate of drug-likeness (QED) is 0.247. The highest BCUT2D eigenvalue weighted by Gasteiger charge is 2.22. The van der Waals surface area contributed by atoms with E-state index < -0.39 is 0 Å². The summed E-state index contributed by atoms with van der Waals surface area (Å²) in [6.45, 7) is 6.62. The van der Waals surface area contributed by atoms with Crippen LogP contribution in [0.25, 0.3) is 61.3 Å². The minimum absolute atomic E-state index is 0.0254. The standard InChI is InChI=1S/C34H27N3O/c1-34(2,3)24-20-29-32(35-21-24)36-33(37(29)25-13-8-5-9-14-25)28-16-10-15-27-26-18-17-23(19-30(26)38-31(27)28)22-11-6-4-7-12-22/h4-21H,1-3H3. The van der Waals surface area contributed by atoms with Gasteiger partial charge in [0, 0.05) is 22.7 Å². The largest absolute Gasteiger partial charge is 0.455 e. The zero-order valence-electron chi connectivity index (χ0n) is 21.6. The molecular formula is C34H27N3O. The molecule has 0 aliphatic carbocycles. The van der Waals surface area contributed by atoms with Gasteiger partial charge in [0.2, 0.25) is 0 Å². The van der Waals surface area contributed by atoms with E-state index in [1.54, 1.807) is 0 Å². The first-order valence-electron chi connectivity index (χ1n) is 12.9. The van der Waals surface area contributed by atoms with Gasteiger partial charge in [-0.2, -0.15) is 0 Å². The number of pyridine rings is 1. The van der Waals surface area contributed by atoms with E-state index in [9.17, 15) is 0 Å². The fraction of sp³-hybridized carbons (Fsp3) is 0.118. The van der Waals surface area contributed by atoms with Crippen molar-refractivity contribution in [3.63, 3.8) is 0 Å². The van der Waals surface area contributed by atoms with Gasteiger partial charge in [-0.25, -0.2) is 9.97 Å². The molecule has 184 valence electrons. The zero-order chi connectivity index (χ0) is 25.9. The lowest BCUT2D eigenvalue weighted by molar-refractivity contribution is 0.588. The van der Waals surface area contributed by atoms with Gasteiger partial charge < -0.3 is 4.42 Å². The number of hydrogen-bond donors (Lipinski definition) is 0. The second kappa shape index (κ2) is 8.42. The Morgan fingerprint density at radius 2 is 1.47 bits per heavy atom. The molecule has 4 heteroatoms. The monoisotopic (exact) mass is 493 g/mol. The number of furan rings is 1. The van der Waals surface area contributed by atoms with Crippen molar-refractivity contribution in [2.75, 3.05) is 0 Å². The molecule has 38 heavy (non-hydrogen) atoms. The highest BCUT2D eigenvalue weighted by Crippen LogP contribution is 2.39. The highest BCUT2D eigenvalue weighted by atomic mass is 16.3. The Morgan fingerprint density at radius 3 is 2.24 bits per heavy atom. The highest BCUT2D eigenvalue weighted by molar-refractivity contribution is 6.10. The predicted molar refractivity (Wildman–Crippen MR) is 156 cm³/mol. The van der Waals surface area contributed by atoms with E-state index in [0.29, 0.717) is 0 Å². The Bertz CT molecular complexity index is 1940. The van der Waals surface area contributed by atoms with Crippen LogP contribution in [0, 0.1) is 0 Å². The molecular weight excluding hydrogens is 466 g/mol. The van der Waals surface area contributed by atoms with Crippen LogP contribution >= 0.6 is 0 Å². The molecule has 0 aliphatic rings. The van der Waals surface area contributed by atoms with E-state index in [0.717, 1.165) is 55.7 Å². The Labute approximate surface area is 221 Å². The third-order valence-electron chi connectivity index (χ3n) is 7.24. The van der Waals surface area contributed by atoms with Crippen LogP contribution in [-0.4, -0.2) is 14.5 Å². The lowest BCUT2D eigenvalue weighted by atomic mass is 9.88. The Balaban J connectivity index is 1.50. The van der Waals surface area contributed by atoms with E-state index in [2.05, 4.69) is 116 Å². The smallest absolute Gasteiger partial charge is 0.178 e. The number of benzene rings is 4. The number of fused-ring (bicyclic) bond motifs is 4. The van der Waals surface area contributed by atoms with E-state index in [-0.39, 0.29) is 5.41 Å². The molecule has 3 aromatic heterocycles. The molecule has 7 rings (SSSR count). The molecule has 4 aromatic carbocycles. The molecule has 0 spiro atoms. The molecule has 7 aromatic rings. The number of para-hydroxylation sites is 2. The summed E-state index contributed by atoms with van der Waals surface area (Å²) >= 11 is 0. The molecule has 0 N–H and O–H groups in total. The SMILES string of the molecule is CC(C)(C)c1cnc2nc(-c3cccc4c3oc3cc(-c5ccccc5)ccc34)n(-c3ccccc3)c2c1. The Kier molecular flexibility index (Phi) is 4.98. The summed E-state index contributed by atoms with van der Waals surface area (Å²) < 4.78 is 8.79. The first kappa shape index (κ1) is 22.5. The van der Waals surface area contributed by atoms with Gasteiger partial charge in [0.05, 0.1) is 11.1 Å². The Morgan fingerprint density at radius 1 is 0.711 bits per heavy atom. The molecule has 0 aliphatic heterocycles. The molecule has 0 amide bonds. The van der Waals surface area contributed by atoms with Gasteiger partial charge in [-0.3, -0.25) is 4.57 Å². The molecule has 0 unspecified atom stereocenters. The van der Waals surface area contributed by atoms with E-state index in [1.807, 2.05) is 18.3 Å². The predicted octanol–water partition coefficient (Wildman–Crippen LogP) is 8.95. The van der Waals surface area contributed by atoms with Crippen LogP contribution in [0.4, 0.5) is 0 Å². The molecule has 0 atom stereocenters. The van der Waals surface area contributed by atoms with E-state index in [1.165, 1.54) is 11.1 Å². The van der Waals surface area contributed by atoms with Crippen LogP contribution in [-0.2, 0) is 5.41 Å². The van der Waals surface area contributed by atoms with Crippen molar-refractivity contribution in [1.29, 1.82) is 0 Å². The van der Waals surface area contributed by atoms with Crippen LogP contribution in [0.5, 0.6) is 0 Å². The van der Waals surface area contributed by atoms with Gasteiger partial charge in [0.25, 0.3) is 0 Å². The molecule has 0 saturated heterocycles. The van der Waals surface area contributed by atoms with E-state index >= 15 is 0 Å². The van der Waals surface area contributed by atoms with Gasteiger partial charge >= 0.3 is 0 Å². The third kappa shape index (κ3) is 3.60. The van der Waals surface area contributed by atoms with Gasteiger partial charge in [-0.15, -0.1) is 0 Å². The topological polar surface area (TPSA) is 43.9 Å². The van der Waals surface area contributed by atoms with Crippen molar-refractivity contribution < 1.29 is 4.42 Å². The second-order valence-electron chi connectivity index (χ2n) is 10.8. The summed E-state index contributed by atoms with van der Waals surface area (Å²) in [5, 5.41) is 2.17. The van der Waals surface area contributed by atoms with Crippen molar-refractivity contribution in [1.82, 2.24) is 14.5 Å². The first-order chi connectivity index (χ1) is 18.5. The van der Waals surface area contributed by atoms with Crippen LogP contribution < -0.4 is 0 Å². The maximum Gasteiger partial charge on any atom is 0.178 e. The fourth-order valence-electron chi connectivity index (χ4n) is 5.17. The lowest BCUT2D eigenvalue weighted by Gasteiger charge is -2.18. The van der Waals surface area contributed by atoms with Gasteiger partial charge in [-0.1, -0.05) is 87.5 Å². The van der Waals surface area contributed by atoms with Crippen molar-refractivity contribution in [3.05, 3.63) is 115 Å². The summed E-state index contributed by atoms with van der Waals surface area (Å²) in [6, 6.07) is 35.7. The molecule has 4 nitrogen and oxygen atoms in total. The lowest BCUT2D eigenvalue weighted by Crippen LogP contribution is -2.11. The summed E-state index contributed by atoms with van der Waals surface area (Å²) in [4.78, 5) is 9.85. The van der Waals surface area contributed by atoms with Crippen LogP contribution in [0.2, 0.25) is 0 Å². The fourth-order valence-corrected chi connectivity index (χ4v) is 5.17. The molecule has 0 fully saturated rings. The van der Waals surface area contributed by atoms with Crippen molar-refractivity contribution >= 4 is 33.1 Å². The summed E-state index contributed by atoms with van der Waals surface area (Å²) in [5.74, 6) is 0.817. The van der Waals surface area contributed by atoms with Crippen molar-refractivity contribution in [2.45, 2.75) is 26.2 Å². The van der Waals surface area contributed by atoms with Crippen molar-refractivity contribution in [3.8, 4) is 28.2 Å². The average molecular weight is 494 g/mol. The number of nitrogens with zero attached hydrogens (tertiary/aromatic N) is 3. The van der Waals surface area contributed by atoms with Crippen LogP contribution in [0.15, 0.2) is 114 Å². The van der Waals surface area contributed by atoms with Crippen LogP contribution in [0.3, 0.4) is 0 Å². The molecule has 0 saturated carbocycles. The molecule has 0 radical (unpaired) electrons. The third-order valence-corrected chi connectivity index (χ3v) is 7.24. The summed E-state index contributed by atoms with van der Waals surface area (Å²) in [6.07, 6.45) is 1.95. The average Bonchev–Trinajstić information content (AvgIpc) is 3.51. The van der Waals surface area contributed by atoms with E-state index in [4.69, 9.17) is 14.4 Å². The maximum atomic E-state index is 6.59. The normalized spacial score (nSPS) is 12.1. The number of imidazole rings is 1. The minimum Gasteiger partial charge on any atom is -0.455 e. The number of hydrogen-bond acceptors (Lipinski definition) is 3. The summed E-state index contributed by atoms with van der Waals surface area (Å²) in [5.41, 5.74) is 8.83. The van der Waals surface area contributed by atoms with Gasteiger partial charge in [0.1, 0.15) is 11.2 Å². The number of rotatable bonds is 3. The second-order valence-corrected chi connectivity index (χ2v) is 10.8. The van der Waals surface area contributed by atoms with Crippen LogP contribution in [0.1, 0.15) is 26.3 Å². The maximum absolute atomic E-state index is 6.59. The zero-order valence-corrected chi connectivity index (χ0v) is 21.6. The Hall–Kier alpha value is -4.70. The summed E-state index contributed by atoms with van der Waals surface area (Å²) in [7, 11) is 0.